The maximum Gasteiger partial charge on any atom is 0.416 e. The summed E-state index contributed by atoms with van der Waals surface area (Å²) in [5.41, 5.74) is -0.200. The third-order valence-corrected chi connectivity index (χ3v) is 6.55. The molecule has 0 aromatic heterocycles. The van der Waals surface area contributed by atoms with Gasteiger partial charge in [0.1, 0.15) is 16.2 Å². The smallest absolute Gasteiger partial charge is 0.416 e. The molecule has 6 nitrogen and oxygen atoms in total. The lowest BCUT2D eigenvalue weighted by Gasteiger charge is -2.37. The molecule has 1 aliphatic heterocycles. The van der Waals surface area contributed by atoms with Crippen molar-refractivity contribution in [3.05, 3.63) is 59.7 Å². The van der Waals surface area contributed by atoms with Crippen LogP contribution in [0.3, 0.4) is 0 Å². The molecule has 1 atom stereocenters. The van der Waals surface area contributed by atoms with E-state index in [1.54, 1.807) is 11.0 Å². The van der Waals surface area contributed by atoms with Crippen LogP contribution >= 0.6 is 24.0 Å². The number of thioether (sulfide) groups is 1. The van der Waals surface area contributed by atoms with Crippen molar-refractivity contribution < 1.29 is 27.9 Å². The molecule has 0 aliphatic carbocycles. The summed E-state index contributed by atoms with van der Waals surface area (Å²) >= 11 is 6.81. The SMILES string of the molecule is COc1ccccc1CN1C(=S)SC(C)(C)[C@@H]1N(O)C(=O)Nc1cccc(C(F)(F)F)c1. The van der Waals surface area contributed by atoms with Gasteiger partial charge in [-0.3, -0.25) is 5.21 Å². The van der Waals surface area contributed by atoms with Crippen LogP contribution in [0.2, 0.25) is 0 Å². The number of halogens is 3. The first-order chi connectivity index (χ1) is 14.9. The molecule has 0 radical (unpaired) electrons. The maximum atomic E-state index is 13.0. The van der Waals surface area contributed by atoms with E-state index in [0.717, 1.165) is 17.7 Å². The second-order valence-corrected chi connectivity index (χ2v) is 9.93. The third-order valence-electron chi connectivity index (χ3n) is 4.92. The van der Waals surface area contributed by atoms with Crippen LogP contribution in [0.25, 0.3) is 0 Å². The molecule has 2 aromatic carbocycles. The van der Waals surface area contributed by atoms with Gasteiger partial charge in [0.05, 0.1) is 24.0 Å². The van der Waals surface area contributed by atoms with Crippen LogP contribution in [0.1, 0.15) is 25.0 Å². The number of benzene rings is 2. The second-order valence-electron chi connectivity index (χ2n) is 7.64. The highest BCUT2D eigenvalue weighted by molar-refractivity contribution is 8.24. The molecule has 11 heteroatoms. The van der Waals surface area contributed by atoms with Gasteiger partial charge in [0.25, 0.3) is 0 Å². The van der Waals surface area contributed by atoms with E-state index >= 15 is 0 Å². The summed E-state index contributed by atoms with van der Waals surface area (Å²) in [5, 5.41) is 13.6. The Morgan fingerprint density at radius 1 is 1.28 bits per heavy atom. The van der Waals surface area contributed by atoms with E-state index in [0.29, 0.717) is 15.1 Å². The van der Waals surface area contributed by atoms with Gasteiger partial charge < -0.3 is 15.0 Å². The molecule has 0 bridgehead atoms. The molecule has 1 fully saturated rings. The van der Waals surface area contributed by atoms with Gasteiger partial charge in [0, 0.05) is 11.3 Å². The van der Waals surface area contributed by atoms with Crippen molar-refractivity contribution in [3.63, 3.8) is 0 Å². The van der Waals surface area contributed by atoms with Crippen molar-refractivity contribution in [3.8, 4) is 5.75 Å². The van der Waals surface area contributed by atoms with E-state index in [1.165, 1.54) is 31.0 Å². The summed E-state index contributed by atoms with van der Waals surface area (Å²) in [6, 6.07) is 10.5. The largest absolute Gasteiger partial charge is 0.496 e. The van der Waals surface area contributed by atoms with E-state index in [9.17, 15) is 23.2 Å². The molecule has 172 valence electrons. The van der Waals surface area contributed by atoms with Crippen molar-refractivity contribution in [2.75, 3.05) is 12.4 Å². The van der Waals surface area contributed by atoms with Crippen LogP contribution in [0.15, 0.2) is 48.5 Å². The van der Waals surface area contributed by atoms with Crippen LogP contribution in [0.4, 0.5) is 23.7 Å². The Morgan fingerprint density at radius 3 is 2.62 bits per heavy atom. The van der Waals surface area contributed by atoms with Gasteiger partial charge in [-0.2, -0.15) is 18.2 Å². The van der Waals surface area contributed by atoms with E-state index in [-0.39, 0.29) is 12.2 Å². The van der Waals surface area contributed by atoms with Gasteiger partial charge in [0.2, 0.25) is 0 Å². The minimum atomic E-state index is -4.55. The number of rotatable bonds is 5. The van der Waals surface area contributed by atoms with Crippen LogP contribution in [-0.2, 0) is 12.7 Å². The van der Waals surface area contributed by atoms with E-state index < -0.39 is 28.7 Å². The average molecular weight is 486 g/mol. The zero-order valence-electron chi connectivity index (χ0n) is 17.5. The second kappa shape index (κ2) is 9.16. The van der Waals surface area contributed by atoms with Crippen molar-refractivity contribution in [2.45, 2.75) is 37.5 Å². The zero-order chi connectivity index (χ0) is 23.7. The molecule has 2 amide bonds. The van der Waals surface area contributed by atoms with E-state index in [4.69, 9.17) is 17.0 Å². The fourth-order valence-corrected chi connectivity index (χ4v) is 5.34. The lowest BCUT2D eigenvalue weighted by molar-refractivity contribution is -0.137. The number of methoxy groups -OCH3 is 1. The Kier molecular flexibility index (Phi) is 6.91. The topological polar surface area (TPSA) is 65.0 Å². The van der Waals surface area contributed by atoms with Crippen LogP contribution in [0, 0.1) is 0 Å². The van der Waals surface area contributed by atoms with Gasteiger partial charge in [-0.15, -0.1) is 0 Å². The highest BCUT2D eigenvalue weighted by Gasteiger charge is 2.49. The fraction of sp³-hybridized carbons (Fsp3) is 0.333. The summed E-state index contributed by atoms with van der Waals surface area (Å²) in [6.07, 6.45) is -5.43. The number of anilines is 1. The highest BCUT2D eigenvalue weighted by atomic mass is 32.2. The van der Waals surface area contributed by atoms with Crippen molar-refractivity contribution in [1.29, 1.82) is 0 Å². The van der Waals surface area contributed by atoms with E-state index in [2.05, 4.69) is 5.32 Å². The molecule has 2 N–H and O–H groups in total. The molecular formula is C21H22F3N3O3S2. The number of carbonyl (C=O) groups excluding carboxylic acids is 1. The van der Waals surface area contributed by atoms with Crippen LogP contribution in [-0.4, -0.2) is 43.5 Å². The fourth-order valence-electron chi connectivity index (χ4n) is 3.47. The number of nitrogens with zero attached hydrogens (tertiary/aromatic N) is 2. The number of para-hydroxylation sites is 1. The monoisotopic (exact) mass is 485 g/mol. The molecule has 3 rings (SSSR count). The van der Waals surface area contributed by atoms with Gasteiger partial charge in [-0.25, -0.2) is 4.79 Å². The molecule has 2 aromatic rings. The van der Waals surface area contributed by atoms with Crippen molar-refractivity contribution >= 4 is 40.0 Å². The standard InChI is InChI=1S/C21H22F3N3O3S2/c1-20(2)17(26(19(31)32-20)12-13-7-4-5-10-16(13)30-3)27(29)18(28)25-15-9-6-8-14(11-15)21(22,23)24/h4-11,17,29H,12H2,1-3H3,(H,25,28)/t17-/m0/s1. The number of alkyl halides is 3. The predicted molar refractivity (Wildman–Crippen MR) is 121 cm³/mol. The molecule has 0 unspecified atom stereocenters. The zero-order valence-corrected chi connectivity index (χ0v) is 19.1. The van der Waals surface area contributed by atoms with Gasteiger partial charge >= 0.3 is 12.2 Å². The highest BCUT2D eigenvalue weighted by Crippen LogP contribution is 2.43. The molecule has 0 spiro atoms. The first-order valence-corrected chi connectivity index (χ1v) is 10.7. The number of carbonyl (C=O) groups is 1. The van der Waals surface area contributed by atoms with Gasteiger partial charge in [-0.05, 0) is 38.1 Å². The van der Waals surface area contributed by atoms with Crippen LogP contribution in [0.5, 0.6) is 5.75 Å². The van der Waals surface area contributed by atoms with Gasteiger partial charge in [0.15, 0.2) is 0 Å². The number of hydrogen-bond acceptors (Lipinski definition) is 5. The summed E-state index contributed by atoms with van der Waals surface area (Å²) in [4.78, 5) is 14.4. The Balaban J connectivity index is 1.84. The number of thiocarbonyl (C=S) groups is 1. The van der Waals surface area contributed by atoms with Crippen molar-refractivity contribution in [2.24, 2.45) is 0 Å². The molecule has 1 aliphatic rings. The Hall–Kier alpha value is -2.50. The number of amides is 2. The Labute approximate surface area is 193 Å². The first-order valence-electron chi connectivity index (χ1n) is 9.52. The number of nitrogens with one attached hydrogen (secondary N) is 1. The molecule has 0 saturated carbocycles. The normalized spacial score (nSPS) is 17.9. The van der Waals surface area contributed by atoms with Gasteiger partial charge in [-0.1, -0.05) is 48.2 Å². The predicted octanol–water partition coefficient (Wildman–Crippen LogP) is 5.58. The van der Waals surface area contributed by atoms with Crippen LogP contribution < -0.4 is 10.1 Å². The minimum Gasteiger partial charge on any atom is -0.496 e. The third kappa shape index (κ3) is 5.11. The molecular weight excluding hydrogens is 463 g/mol. The summed E-state index contributed by atoms with van der Waals surface area (Å²) in [5.74, 6) is 0.627. The molecule has 1 saturated heterocycles. The summed E-state index contributed by atoms with van der Waals surface area (Å²) in [6.45, 7) is 3.90. The summed E-state index contributed by atoms with van der Waals surface area (Å²) in [7, 11) is 1.54. The number of hydroxylamine groups is 2. The Bertz CT molecular complexity index is 1020. The molecule has 1 heterocycles. The minimum absolute atomic E-state index is 0.0915. The molecule has 32 heavy (non-hydrogen) atoms. The quantitative estimate of drug-likeness (QED) is 0.328. The lowest BCUT2D eigenvalue weighted by Crippen LogP contribution is -2.55. The summed E-state index contributed by atoms with van der Waals surface area (Å²) < 4.78 is 44.1. The van der Waals surface area contributed by atoms with Crippen molar-refractivity contribution in [1.82, 2.24) is 9.96 Å². The number of urea groups is 1. The average Bonchev–Trinajstić information content (AvgIpc) is 2.95. The number of ether oxygens (including phenoxy) is 1. The lowest BCUT2D eigenvalue weighted by atomic mass is 10.1. The number of hydrogen-bond donors (Lipinski definition) is 2. The maximum absolute atomic E-state index is 13.0. The first kappa shape index (κ1) is 24.1. The Morgan fingerprint density at radius 2 is 1.97 bits per heavy atom. The van der Waals surface area contributed by atoms with E-state index in [1.807, 2.05) is 32.0 Å².